The number of aliphatic carboxylic acids is 1. The molecule has 33 heavy (non-hydrogen) atoms. The standard InChI is InChI=1S/C27H30O5S/c1-4-20-7-11-24(23(17-20)27(30)25-6-5-15-33-25)32-19(3)13-14-31-22-10-8-21(18(2)16-22)9-12-26(28)29/h5-8,10-11,15-17,19H,4,9,12-14H2,1-3H3,(H,28,29). The van der Waals surface area contributed by atoms with E-state index >= 15 is 0 Å². The molecule has 0 spiro atoms. The second-order valence-corrected chi connectivity index (χ2v) is 8.99. The highest BCUT2D eigenvalue weighted by atomic mass is 32.1. The van der Waals surface area contributed by atoms with Crippen molar-refractivity contribution in [3.8, 4) is 11.5 Å². The van der Waals surface area contributed by atoms with Gasteiger partial charge in [0.1, 0.15) is 11.5 Å². The van der Waals surface area contributed by atoms with Crippen LogP contribution in [0.5, 0.6) is 11.5 Å². The maximum atomic E-state index is 13.0. The smallest absolute Gasteiger partial charge is 0.303 e. The van der Waals surface area contributed by atoms with Gasteiger partial charge in [0, 0.05) is 12.8 Å². The monoisotopic (exact) mass is 466 g/mol. The lowest BCUT2D eigenvalue weighted by Crippen LogP contribution is -2.17. The first-order chi connectivity index (χ1) is 15.9. The van der Waals surface area contributed by atoms with E-state index in [1.54, 1.807) is 0 Å². The largest absolute Gasteiger partial charge is 0.493 e. The van der Waals surface area contributed by atoms with E-state index in [0.717, 1.165) is 28.9 Å². The van der Waals surface area contributed by atoms with E-state index in [1.807, 2.05) is 67.8 Å². The Kier molecular flexibility index (Phi) is 8.66. The first-order valence-corrected chi connectivity index (χ1v) is 12.1. The summed E-state index contributed by atoms with van der Waals surface area (Å²) in [4.78, 5) is 24.5. The minimum Gasteiger partial charge on any atom is -0.493 e. The Hall–Kier alpha value is -3.12. The Morgan fingerprint density at radius 2 is 1.94 bits per heavy atom. The van der Waals surface area contributed by atoms with Crippen LogP contribution in [0.2, 0.25) is 0 Å². The van der Waals surface area contributed by atoms with E-state index in [0.29, 0.717) is 35.6 Å². The lowest BCUT2D eigenvalue weighted by molar-refractivity contribution is -0.136. The molecule has 0 saturated heterocycles. The highest BCUT2D eigenvalue weighted by molar-refractivity contribution is 7.12. The van der Waals surface area contributed by atoms with Crippen molar-refractivity contribution < 1.29 is 24.2 Å². The molecule has 0 amide bonds. The van der Waals surface area contributed by atoms with Gasteiger partial charge < -0.3 is 14.6 Å². The number of ether oxygens (including phenoxy) is 2. The summed E-state index contributed by atoms with van der Waals surface area (Å²) >= 11 is 1.43. The van der Waals surface area contributed by atoms with Gasteiger partial charge in [0.15, 0.2) is 0 Å². The quantitative estimate of drug-likeness (QED) is 0.326. The fourth-order valence-corrected chi connectivity index (χ4v) is 4.19. The zero-order valence-corrected chi connectivity index (χ0v) is 20.1. The molecule has 1 heterocycles. The number of hydrogen-bond acceptors (Lipinski definition) is 5. The predicted molar refractivity (Wildman–Crippen MR) is 131 cm³/mol. The van der Waals surface area contributed by atoms with Crippen LogP contribution in [-0.2, 0) is 17.6 Å². The molecule has 0 bridgehead atoms. The van der Waals surface area contributed by atoms with Crippen LogP contribution in [-0.4, -0.2) is 29.6 Å². The van der Waals surface area contributed by atoms with Crippen molar-refractivity contribution in [1.82, 2.24) is 0 Å². The Labute approximate surface area is 199 Å². The van der Waals surface area contributed by atoms with E-state index in [1.165, 1.54) is 11.3 Å². The van der Waals surface area contributed by atoms with Crippen LogP contribution in [0.1, 0.15) is 58.6 Å². The molecule has 1 unspecified atom stereocenters. The molecule has 174 valence electrons. The highest BCUT2D eigenvalue weighted by Gasteiger charge is 2.18. The number of carbonyl (C=O) groups excluding carboxylic acids is 1. The van der Waals surface area contributed by atoms with Gasteiger partial charge in [0.05, 0.1) is 23.2 Å². The minimum atomic E-state index is -0.798. The Bertz CT molecular complexity index is 1090. The van der Waals surface area contributed by atoms with Crippen molar-refractivity contribution in [2.75, 3.05) is 6.61 Å². The summed E-state index contributed by atoms with van der Waals surface area (Å²) in [7, 11) is 0. The van der Waals surface area contributed by atoms with Crippen LogP contribution < -0.4 is 9.47 Å². The van der Waals surface area contributed by atoms with Crippen LogP contribution in [0.3, 0.4) is 0 Å². The van der Waals surface area contributed by atoms with Crippen molar-refractivity contribution in [3.63, 3.8) is 0 Å². The summed E-state index contributed by atoms with van der Waals surface area (Å²) in [5.41, 5.74) is 3.73. The summed E-state index contributed by atoms with van der Waals surface area (Å²) in [6.45, 7) is 6.46. The summed E-state index contributed by atoms with van der Waals surface area (Å²) in [5, 5.41) is 10.8. The molecule has 0 saturated carbocycles. The van der Waals surface area contributed by atoms with E-state index in [9.17, 15) is 9.59 Å². The SMILES string of the molecule is CCc1ccc(OC(C)CCOc2ccc(CCC(=O)O)c(C)c2)c(C(=O)c2cccs2)c1. The molecule has 1 atom stereocenters. The number of carboxylic acids is 1. The molecular formula is C27H30O5S. The van der Waals surface area contributed by atoms with E-state index in [2.05, 4.69) is 6.92 Å². The molecule has 3 aromatic rings. The lowest BCUT2D eigenvalue weighted by atomic mass is 10.0. The number of benzene rings is 2. The number of hydrogen-bond donors (Lipinski definition) is 1. The number of aryl methyl sites for hydroxylation is 3. The number of thiophene rings is 1. The summed E-state index contributed by atoms with van der Waals surface area (Å²) in [5.74, 6) is 0.530. The first kappa shape index (κ1) is 24.5. The van der Waals surface area contributed by atoms with Crippen molar-refractivity contribution in [2.45, 2.75) is 52.6 Å². The van der Waals surface area contributed by atoms with Crippen molar-refractivity contribution in [3.05, 3.63) is 81.0 Å². The van der Waals surface area contributed by atoms with Crippen LogP contribution >= 0.6 is 11.3 Å². The van der Waals surface area contributed by atoms with Crippen LogP contribution in [0.15, 0.2) is 53.9 Å². The van der Waals surface area contributed by atoms with Gasteiger partial charge in [-0.1, -0.05) is 25.1 Å². The highest BCUT2D eigenvalue weighted by Crippen LogP contribution is 2.27. The maximum Gasteiger partial charge on any atom is 0.303 e. The van der Waals surface area contributed by atoms with Gasteiger partial charge in [-0.3, -0.25) is 9.59 Å². The Balaban J connectivity index is 1.59. The third-order valence-corrected chi connectivity index (χ3v) is 6.35. The lowest BCUT2D eigenvalue weighted by Gasteiger charge is -2.18. The molecule has 0 radical (unpaired) electrons. The minimum absolute atomic E-state index is 0.0165. The Morgan fingerprint density at radius 1 is 1.12 bits per heavy atom. The molecule has 1 aromatic heterocycles. The fraction of sp³-hybridized carbons (Fsp3) is 0.333. The number of carbonyl (C=O) groups is 2. The average Bonchev–Trinajstić information content (AvgIpc) is 3.33. The molecule has 1 N–H and O–H groups in total. The van der Waals surface area contributed by atoms with Crippen LogP contribution in [0, 0.1) is 6.92 Å². The van der Waals surface area contributed by atoms with Gasteiger partial charge in [-0.05, 0) is 79.1 Å². The average molecular weight is 467 g/mol. The molecule has 3 rings (SSSR count). The first-order valence-electron chi connectivity index (χ1n) is 11.2. The van der Waals surface area contributed by atoms with Crippen molar-refractivity contribution >= 4 is 23.1 Å². The number of ketones is 1. The maximum absolute atomic E-state index is 13.0. The van der Waals surface area contributed by atoms with Crippen LogP contribution in [0.25, 0.3) is 0 Å². The zero-order chi connectivity index (χ0) is 23.8. The Morgan fingerprint density at radius 3 is 2.61 bits per heavy atom. The van der Waals surface area contributed by atoms with E-state index in [4.69, 9.17) is 14.6 Å². The number of rotatable bonds is 12. The van der Waals surface area contributed by atoms with Gasteiger partial charge in [0.25, 0.3) is 0 Å². The third kappa shape index (κ3) is 6.93. The molecule has 0 fully saturated rings. The molecular weight excluding hydrogens is 436 g/mol. The van der Waals surface area contributed by atoms with Crippen molar-refractivity contribution in [2.24, 2.45) is 0 Å². The van der Waals surface area contributed by atoms with Gasteiger partial charge in [-0.15, -0.1) is 11.3 Å². The zero-order valence-electron chi connectivity index (χ0n) is 19.3. The summed E-state index contributed by atoms with van der Waals surface area (Å²) in [6.07, 6.45) is 2.00. The fourth-order valence-electron chi connectivity index (χ4n) is 3.52. The topological polar surface area (TPSA) is 72.8 Å². The summed E-state index contributed by atoms with van der Waals surface area (Å²) < 4.78 is 12.0. The molecule has 0 aliphatic rings. The third-order valence-electron chi connectivity index (χ3n) is 5.49. The van der Waals surface area contributed by atoms with Gasteiger partial charge >= 0.3 is 5.97 Å². The summed E-state index contributed by atoms with van der Waals surface area (Å²) in [6, 6.07) is 15.3. The molecule has 0 aliphatic carbocycles. The van der Waals surface area contributed by atoms with Gasteiger partial charge in [0.2, 0.25) is 5.78 Å². The van der Waals surface area contributed by atoms with Gasteiger partial charge in [-0.2, -0.15) is 0 Å². The molecule has 6 heteroatoms. The molecule has 2 aromatic carbocycles. The second-order valence-electron chi connectivity index (χ2n) is 8.04. The normalized spacial score (nSPS) is 11.7. The van der Waals surface area contributed by atoms with Crippen molar-refractivity contribution in [1.29, 1.82) is 0 Å². The van der Waals surface area contributed by atoms with Crippen LogP contribution in [0.4, 0.5) is 0 Å². The number of carboxylic acid groups (broad SMARTS) is 1. The molecule has 0 aliphatic heterocycles. The second kappa shape index (κ2) is 11.7. The van der Waals surface area contributed by atoms with E-state index < -0.39 is 5.97 Å². The van der Waals surface area contributed by atoms with E-state index in [-0.39, 0.29) is 18.3 Å². The predicted octanol–water partition coefficient (Wildman–Crippen LogP) is 6.10. The van der Waals surface area contributed by atoms with Gasteiger partial charge in [-0.25, -0.2) is 0 Å². The molecule has 5 nitrogen and oxygen atoms in total.